The smallest absolute Gasteiger partial charge is 0.219 e. The second kappa shape index (κ2) is 12.9. The molecule has 1 N–H and O–H groups in total. The molecule has 0 aromatic heterocycles. The van der Waals surface area contributed by atoms with Crippen molar-refractivity contribution in [1.29, 1.82) is 0 Å². The van der Waals surface area contributed by atoms with Gasteiger partial charge in [0.2, 0.25) is 5.91 Å². The van der Waals surface area contributed by atoms with Crippen LogP contribution in [-0.2, 0) is 4.79 Å². The monoisotopic (exact) mass is 297 g/mol. The first-order valence-electron chi connectivity index (χ1n) is 8.71. The average Bonchev–Trinajstić information content (AvgIpc) is 2.46. The minimum absolute atomic E-state index is 0.225. The highest BCUT2D eigenvalue weighted by Crippen LogP contribution is 2.08. The van der Waals surface area contributed by atoms with Gasteiger partial charge < -0.3 is 9.80 Å². The number of carbonyl (C=O) groups is 1. The molecule has 3 heteroatoms. The van der Waals surface area contributed by atoms with Crippen molar-refractivity contribution in [3.05, 3.63) is 12.7 Å². The van der Waals surface area contributed by atoms with Gasteiger partial charge >= 0.3 is 0 Å². The third kappa shape index (κ3) is 13.9. The summed E-state index contributed by atoms with van der Waals surface area (Å²) >= 11 is 0. The molecule has 0 aliphatic carbocycles. The van der Waals surface area contributed by atoms with E-state index in [0.717, 1.165) is 43.4 Å². The summed E-state index contributed by atoms with van der Waals surface area (Å²) in [5.74, 6) is 0.225. The summed E-state index contributed by atoms with van der Waals surface area (Å²) in [7, 11) is 4.47. The minimum Gasteiger partial charge on any atom is -0.356 e. The largest absolute Gasteiger partial charge is 0.356 e. The molecule has 0 rings (SSSR count). The van der Waals surface area contributed by atoms with Crippen LogP contribution in [0.15, 0.2) is 12.7 Å². The Labute approximate surface area is 132 Å². The molecule has 0 aliphatic rings. The first-order chi connectivity index (χ1) is 10.0. The molecule has 1 amide bonds. The van der Waals surface area contributed by atoms with Crippen molar-refractivity contribution >= 4 is 5.91 Å². The number of carbonyl (C=O) groups excluding carboxylic acids is 1. The van der Waals surface area contributed by atoms with E-state index in [1.54, 1.807) is 0 Å². The number of allylic oxidation sites excluding steroid dienone is 1. The number of rotatable bonds is 14. The van der Waals surface area contributed by atoms with Crippen molar-refractivity contribution in [3.8, 4) is 0 Å². The van der Waals surface area contributed by atoms with E-state index in [0.29, 0.717) is 6.42 Å². The molecule has 0 aromatic carbocycles. The summed E-state index contributed by atoms with van der Waals surface area (Å²) in [5.41, 5.74) is 0. The normalized spacial score (nSPS) is 11.4. The van der Waals surface area contributed by atoms with E-state index in [9.17, 15) is 4.79 Å². The number of hydrogen-bond acceptors (Lipinski definition) is 1. The number of amides is 1. The molecule has 0 saturated heterocycles. The summed E-state index contributed by atoms with van der Waals surface area (Å²) in [6, 6.07) is 0. The van der Waals surface area contributed by atoms with Crippen molar-refractivity contribution in [3.63, 3.8) is 0 Å². The molecule has 0 aliphatic heterocycles. The molecule has 0 unspecified atom stereocenters. The molecule has 3 nitrogen and oxygen atoms in total. The van der Waals surface area contributed by atoms with Crippen molar-refractivity contribution < 1.29 is 9.28 Å². The van der Waals surface area contributed by atoms with Gasteiger partial charge in [-0.05, 0) is 26.2 Å². The van der Waals surface area contributed by atoms with Crippen molar-refractivity contribution in [1.82, 2.24) is 5.32 Å². The Balaban J connectivity index is 3.33. The third-order valence-electron chi connectivity index (χ3n) is 4.18. The number of hydrogen-bond donors (Lipinski definition) is 1. The molecule has 0 heterocycles. The maximum atomic E-state index is 11.7. The predicted molar refractivity (Wildman–Crippen MR) is 92.3 cm³/mol. The lowest BCUT2D eigenvalue weighted by Crippen LogP contribution is -2.41. The van der Waals surface area contributed by atoms with Gasteiger partial charge in [-0.15, -0.1) is 6.58 Å². The van der Waals surface area contributed by atoms with Gasteiger partial charge in [0, 0.05) is 19.4 Å². The quantitative estimate of drug-likeness (QED) is 0.294. The van der Waals surface area contributed by atoms with Crippen LogP contribution < -0.4 is 5.32 Å². The van der Waals surface area contributed by atoms with Gasteiger partial charge in [-0.1, -0.05) is 31.8 Å². The van der Waals surface area contributed by atoms with E-state index in [1.165, 1.54) is 32.1 Å². The number of quaternary nitrogens is 1. The lowest BCUT2D eigenvalue weighted by atomic mass is 10.1. The van der Waals surface area contributed by atoms with Gasteiger partial charge in [-0.2, -0.15) is 0 Å². The second-order valence-electron chi connectivity index (χ2n) is 6.63. The van der Waals surface area contributed by atoms with E-state index in [1.807, 2.05) is 6.08 Å². The molecule has 0 radical (unpaired) electrons. The van der Waals surface area contributed by atoms with Gasteiger partial charge in [0.25, 0.3) is 0 Å². The minimum atomic E-state index is 0.225. The molecule has 0 spiro atoms. The number of nitrogens with zero attached hydrogens (tertiary/aromatic N) is 1. The highest BCUT2D eigenvalue weighted by Gasteiger charge is 2.10. The van der Waals surface area contributed by atoms with E-state index < -0.39 is 0 Å². The molecular weight excluding hydrogens is 260 g/mol. The van der Waals surface area contributed by atoms with Crippen molar-refractivity contribution in [2.75, 3.05) is 33.7 Å². The zero-order valence-corrected chi connectivity index (χ0v) is 14.6. The highest BCUT2D eigenvalue weighted by molar-refractivity contribution is 5.75. The molecule has 0 aromatic rings. The molecule has 0 bridgehead atoms. The first kappa shape index (κ1) is 20.2. The molecule has 0 fully saturated rings. The van der Waals surface area contributed by atoms with Crippen LogP contribution in [0.5, 0.6) is 0 Å². The van der Waals surface area contributed by atoms with E-state index in [-0.39, 0.29) is 5.91 Å². The Morgan fingerprint density at radius 3 is 2.29 bits per heavy atom. The summed E-state index contributed by atoms with van der Waals surface area (Å²) in [6.45, 7) is 9.02. The van der Waals surface area contributed by atoms with Crippen LogP contribution in [0.3, 0.4) is 0 Å². The van der Waals surface area contributed by atoms with Gasteiger partial charge in [0.1, 0.15) is 0 Å². The maximum absolute atomic E-state index is 11.7. The van der Waals surface area contributed by atoms with E-state index in [2.05, 4.69) is 32.9 Å². The van der Waals surface area contributed by atoms with Crippen LogP contribution in [0.4, 0.5) is 0 Å². The average molecular weight is 298 g/mol. The summed E-state index contributed by atoms with van der Waals surface area (Å²) in [5, 5.41) is 3.04. The van der Waals surface area contributed by atoms with Crippen molar-refractivity contribution in [2.24, 2.45) is 0 Å². The predicted octanol–water partition coefficient (Wildman–Crippen LogP) is 3.90. The fraction of sp³-hybridized carbons (Fsp3) is 0.833. The lowest BCUT2D eigenvalue weighted by Gasteiger charge is -2.28. The standard InChI is InChI=1S/C18H36N2O/c1-5-7-8-9-10-11-12-13-15-18(21)19-16-14-17-20(3,4)6-2/h5H,1,6-17H2,2-4H3/p+1. The molecule has 0 atom stereocenters. The molecule has 21 heavy (non-hydrogen) atoms. The second-order valence-corrected chi connectivity index (χ2v) is 6.63. The molecule has 124 valence electrons. The van der Waals surface area contributed by atoms with E-state index >= 15 is 0 Å². The van der Waals surface area contributed by atoms with Crippen molar-refractivity contribution in [2.45, 2.75) is 64.7 Å². The Morgan fingerprint density at radius 1 is 1.05 bits per heavy atom. The van der Waals surface area contributed by atoms with Crippen LogP contribution >= 0.6 is 0 Å². The van der Waals surface area contributed by atoms with Gasteiger partial charge in [0.15, 0.2) is 0 Å². The molecular formula is C18H37N2O+. The maximum Gasteiger partial charge on any atom is 0.219 e. The lowest BCUT2D eigenvalue weighted by molar-refractivity contribution is -0.888. The summed E-state index contributed by atoms with van der Waals surface area (Å²) in [6.07, 6.45) is 12.2. The topological polar surface area (TPSA) is 29.1 Å². The Bertz CT molecular complexity index is 274. The Morgan fingerprint density at radius 2 is 1.67 bits per heavy atom. The van der Waals surface area contributed by atoms with E-state index in [4.69, 9.17) is 0 Å². The van der Waals surface area contributed by atoms with Gasteiger partial charge in [0.05, 0.1) is 27.2 Å². The fourth-order valence-corrected chi connectivity index (χ4v) is 2.26. The Hall–Kier alpha value is -0.830. The first-order valence-corrected chi connectivity index (χ1v) is 8.71. The van der Waals surface area contributed by atoms with Crippen LogP contribution in [0.25, 0.3) is 0 Å². The number of unbranched alkanes of at least 4 members (excludes halogenated alkanes) is 6. The third-order valence-corrected chi connectivity index (χ3v) is 4.18. The summed E-state index contributed by atoms with van der Waals surface area (Å²) < 4.78 is 1.03. The summed E-state index contributed by atoms with van der Waals surface area (Å²) in [4.78, 5) is 11.7. The van der Waals surface area contributed by atoms with Gasteiger partial charge in [-0.25, -0.2) is 0 Å². The molecule has 0 saturated carbocycles. The van der Waals surface area contributed by atoms with Crippen LogP contribution in [0, 0.1) is 0 Å². The van der Waals surface area contributed by atoms with Crippen LogP contribution in [-0.4, -0.2) is 44.1 Å². The Kier molecular flexibility index (Phi) is 12.4. The fourth-order valence-electron chi connectivity index (χ4n) is 2.26. The van der Waals surface area contributed by atoms with Gasteiger partial charge in [-0.3, -0.25) is 4.79 Å². The zero-order valence-electron chi connectivity index (χ0n) is 14.6. The van der Waals surface area contributed by atoms with Crippen LogP contribution in [0.2, 0.25) is 0 Å². The van der Waals surface area contributed by atoms with Crippen LogP contribution in [0.1, 0.15) is 64.7 Å². The number of nitrogens with one attached hydrogen (secondary N) is 1. The SMILES string of the molecule is C=CCCCCCCCCC(=O)NCCC[N+](C)(C)CC. The highest BCUT2D eigenvalue weighted by atomic mass is 16.1. The zero-order chi connectivity index (χ0) is 16.0.